The van der Waals surface area contributed by atoms with E-state index in [2.05, 4.69) is 20.2 Å². The van der Waals surface area contributed by atoms with Crippen molar-refractivity contribution in [2.45, 2.75) is 24.9 Å². The first kappa shape index (κ1) is 17.3. The monoisotopic (exact) mass is 408 g/mol. The maximum atomic E-state index is 5.37. The van der Waals surface area contributed by atoms with Crippen LogP contribution in [-0.4, -0.2) is 35.5 Å². The molecule has 0 aliphatic heterocycles. The van der Waals surface area contributed by atoms with E-state index in [-0.39, 0.29) is 0 Å². The Morgan fingerprint density at radius 2 is 2.04 bits per heavy atom. The number of fused-ring (bicyclic) bond motifs is 3. The van der Waals surface area contributed by atoms with Crippen LogP contribution in [-0.2, 0) is 6.42 Å². The van der Waals surface area contributed by atoms with E-state index >= 15 is 0 Å². The van der Waals surface area contributed by atoms with Crippen LogP contribution in [0.3, 0.4) is 0 Å². The molecule has 4 heterocycles. The molecule has 0 unspecified atom stereocenters. The third-order valence-corrected chi connectivity index (χ3v) is 6.11. The Bertz CT molecular complexity index is 1240. The van der Waals surface area contributed by atoms with Gasteiger partial charge in [-0.05, 0) is 36.9 Å². The summed E-state index contributed by atoms with van der Waals surface area (Å²) < 4.78 is 7.20. The van der Waals surface area contributed by atoms with Gasteiger partial charge >= 0.3 is 0 Å². The summed E-state index contributed by atoms with van der Waals surface area (Å²) in [4.78, 5) is 14.8. The fourth-order valence-electron chi connectivity index (χ4n) is 2.98. The lowest BCUT2D eigenvalue weighted by Crippen LogP contribution is -1.99. The molecular weight excluding hydrogens is 392 g/mol. The number of rotatable bonds is 6. The van der Waals surface area contributed by atoms with Crippen LogP contribution in [0.25, 0.3) is 27.3 Å². The third-order valence-electron chi connectivity index (χ3n) is 4.23. The highest BCUT2D eigenvalue weighted by atomic mass is 32.2. The normalized spacial score (nSPS) is 11.6. The average molecular weight is 409 g/mol. The summed E-state index contributed by atoms with van der Waals surface area (Å²) in [5.74, 6) is 2.94. The summed E-state index contributed by atoms with van der Waals surface area (Å²) in [5, 5.41) is 12.4. The van der Waals surface area contributed by atoms with Crippen molar-refractivity contribution in [1.29, 1.82) is 0 Å². The second kappa shape index (κ2) is 7.33. The lowest BCUT2D eigenvalue weighted by atomic mass is 10.2. The van der Waals surface area contributed by atoms with Gasteiger partial charge in [0.1, 0.15) is 5.82 Å². The van der Waals surface area contributed by atoms with E-state index in [1.807, 2.05) is 53.2 Å². The van der Waals surface area contributed by atoms with Gasteiger partial charge in [-0.2, -0.15) is 9.50 Å². The van der Waals surface area contributed by atoms with Crippen LogP contribution < -0.4 is 0 Å². The van der Waals surface area contributed by atoms with Crippen LogP contribution in [0.5, 0.6) is 0 Å². The van der Waals surface area contributed by atoms with Gasteiger partial charge in [0, 0.05) is 17.6 Å². The first-order chi connectivity index (χ1) is 13.8. The molecule has 4 aromatic heterocycles. The molecule has 5 rings (SSSR count). The van der Waals surface area contributed by atoms with Crippen molar-refractivity contribution >= 4 is 39.6 Å². The van der Waals surface area contributed by atoms with Gasteiger partial charge in [0.05, 0.1) is 10.4 Å². The summed E-state index contributed by atoms with van der Waals surface area (Å²) in [6.45, 7) is 1.90. The molecule has 140 valence electrons. The highest BCUT2D eigenvalue weighted by molar-refractivity contribution is 7.99. The molecule has 28 heavy (non-hydrogen) atoms. The number of hydrogen-bond donors (Lipinski definition) is 0. The van der Waals surface area contributed by atoms with Crippen molar-refractivity contribution in [3.8, 4) is 10.7 Å². The van der Waals surface area contributed by atoms with Crippen molar-refractivity contribution in [2.75, 3.05) is 5.75 Å². The Balaban J connectivity index is 1.29. The Morgan fingerprint density at radius 1 is 1.11 bits per heavy atom. The van der Waals surface area contributed by atoms with Gasteiger partial charge in [0.25, 0.3) is 0 Å². The molecule has 0 atom stereocenters. The Hall–Kier alpha value is -2.78. The van der Waals surface area contributed by atoms with Crippen LogP contribution in [0.1, 0.15) is 18.1 Å². The van der Waals surface area contributed by atoms with Crippen molar-refractivity contribution in [1.82, 2.24) is 29.7 Å². The first-order valence-corrected chi connectivity index (χ1v) is 10.8. The minimum atomic E-state index is 0.661. The number of hydrogen-bond acceptors (Lipinski definition) is 8. The van der Waals surface area contributed by atoms with E-state index in [4.69, 9.17) is 9.51 Å². The van der Waals surface area contributed by atoms with E-state index in [0.29, 0.717) is 11.7 Å². The zero-order chi connectivity index (χ0) is 18.9. The number of nitrogens with zero attached hydrogens (tertiary/aromatic N) is 6. The van der Waals surface area contributed by atoms with Crippen LogP contribution in [0.15, 0.2) is 51.5 Å². The standard InChI is InChI=1S/C19H16N6OS2/c1-12-20-18-13-6-2-3-7-14(13)21-19(25(18)23-12)28-11-5-9-16-22-17(24-26-16)15-8-4-10-27-15/h2-4,6-8,10H,5,9,11H2,1H3. The van der Waals surface area contributed by atoms with E-state index in [1.54, 1.807) is 23.1 Å². The molecule has 9 heteroatoms. The van der Waals surface area contributed by atoms with Crippen LogP contribution in [0, 0.1) is 6.92 Å². The molecule has 7 nitrogen and oxygen atoms in total. The Kier molecular flexibility index (Phi) is 4.53. The van der Waals surface area contributed by atoms with Gasteiger partial charge in [0.2, 0.25) is 11.7 Å². The molecule has 5 aromatic rings. The zero-order valence-corrected chi connectivity index (χ0v) is 16.7. The molecule has 0 aliphatic carbocycles. The number of benzene rings is 1. The van der Waals surface area contributed by atoms with Crippen LogP contribution in [0.4, 0.5) is 0 Å². The highest BCUT2D eigenvalue weighted by Crippen LogP contribution is 2.25. The fourth-order valence-corrected chi connectivity index (χ4v) is 4.51. The third kappa shape index (κ3) is 3.27. The highest BCUT2D eigenvalue weighted by Gasteiger charge is 2.13. The minimum Gasteiger partial charge on any atom is -0.339 e. The van der Waals surface area contributed by atoms with E-state index in [0.717, 1.165) is 51.0 Å². The van der Waals surface area contributed by atoms with Gasteiger partial charge < -0.3 is 4.52 Å². The number of aromatic nitrogens is 6. The topological polar surface area (TPSA) is 82.0 Å². The zero-order valence-electron chi connectivity index (χ0n) is 15.1. The lowest BCUT2D eigenvalue weighted by molar-refractivity contribution is 0.378. The van der Waals surface area contributed by atoms with Crippen molar-refractivity contribution < 1.29 is 4.52 Å². The predicted octanol–water partition coefficient (Wildman–Crippen LogP) is 4.42. The quantitative estimate of drug-likeness (QED) is 0.234. The molecule has 0 spiro atoms. The van der Waals surface area contributed by atoms with Gasteiger partial charge in [-0.3, -0.25) is 0 Å². The number of thioether (sulfide) groups is 1. The van der Waals surface area contributed by atoms with Crippen LogP contribution >= 0.6 is 23.1 Å². The fraction of sp³-hybridized carbons (Fsp3) is 0.211. The van der Waals surface area contributed by atoms with Gasteiger partial charge in [-0.25, -0.2) is 9.97 Å². The first-order valence-electron chi connectivity index (χ1n) is 8.89. The molecule has 0 bridgehead atoms. The molecule has 0 fully saturated rings. The van der Waals surface area contributed by atoms with E-state index in [1.165, 1.54) is 0 Å². The van der Waals surface area contributed by atoms with Gasteiger partial charge in [-0.1, -0.05) is 35.1 Å². The summed E-state index contributed by atoms with van der Waals surface area (Å²) in [6.07, 6.45) is 1.64. The smallest absolute Gasteiger partial charge is 0.227 e. The summed E-state index contributed by atoms with van der Waals surface area (Å²) >= 11 is 3.27. The number of thiophene rings is 1. The van der Waals surface area contributed by atoms with E-state index in [9.17, 15) is 0 Å². The SMILES string of the molecule is Cc1nc2c3ccccc3nc(SCCCc3nc(-c4cccs4)no3)n2n1. The van der Waals surface area contributed by atoms with Crippen LogP contribution in [0.2, 0.25) is 0 Å². The van der Waals surface area contributed by atoms with Gasteiger partial charge in [-0.15, -0.1) is 16.4 Å². The Morgan fingerprint density at radius 3 is 2.93 bits per heavy atom. The maximum absolute atomic E-state index is 5.37. The number of para-hydroxylation sites is 1. The maximum Gasteiger partial charge on any atom is 0.227 e. The molecule has 0 N–H and O–H groups in total. The molecule has 0 amide bonds. The molecule has 1 aromatic carbocycles. The largest absolute Gasteiger partial charge is 0.339 e. The predicted molar refractivity (Wildman–Crippen MR) is 110 cm³/mol. The summed E-state index contributed by atoms with van der Waals surface area (Å²) in [6, 6.07) is 12.0. The molecule has 0 radical (unpaired) electrons. The lowest BCUT2D eigenvalue weighted by Gasteiger charge is -2.05. The van der Waals surface area contributed by atoms with Crippen molar-refractivity contribution in [3.63, 3.8) is 0 Å². The van der Waals surface area contributed by atoms with E-state index < -0.39 is 0 Å². The molecule has 0 aliphatic rings. The second-order valence-electron chi connectivity index (χ2n) is 6.25. The molecule has 0 saturated carbocycles. The van der Waals surface area contributed by atoms with Crippen molar-refractivity contribution in [3.05, 3.63) is 53.5 Å². The average Bonchev–Trinajstić information content (AvgIpc) is 3.45. The molecular formula is C19H16N6OS2. The minimum absolute atomic E-state index is 0.661. The number of aryl methyl sites for hydroxylation is 2. The summed E-state index contributed by atoms with van der Waals surface area (Å²) in [7, 11) is 0. The molecule has 0 saturated heterocycles. The van der Waals surface area contributed by atoms with Gasteiger partial charge in [0.15, 0.2) is 10.8 Å². The summed E-state index contributed by atoms with van der Waals surface area (Å²) in [5.41, 5.74) is 1.78. The second-order valence-corrected chi connectivity index (χ2v) is 8.26. The van der Waals surface area contributed by atoms with Crippen molar-refractivity contribution in [2.24, 2.45) is 0 Å². The Labute approximate surface area is 168 Å².